The molecular weight excluding hydrogens is 392 g/mol. The maximum absolute atomic E-state index is 13.5. The summed E-state index contributed by atoms with van der Waals surface area (Å²) in [4.78, 5) is 18.5. The molecule has 4 rings (SSSR count). The lowest BCUT2D eigenvalue weighted by Gasteiger charge is -2.17. The molecule has 4 aromatic rings. The van der Waals surface area contributed by atoms with Gasteiger partial charge < -0.3 is 5.32 Å². The monoisotopic (exact) mass is 414 g/mol. The predicted molar refractivity (Wildman–Crippen MR) is 126 cm³/mol. The van der Waals surface area contributed by atoms with Gasteiger partial charge in [-0.15, -0.1) is 0 Å². The van der Waals surface area contributed by atoms with Crippen molar-refractivity contribution in [2.45, 2.75) is 27.7 Å². The number of nitrogens with one attached hydrogen (secondary N) is 1. The average Bonchev–Trinajstić information content (AvgIpc) is 2.70. The molecule has 1 N–H and O–H groups in total. The summed E-state index contributed by atoms with van der Waals surface area (Å²) in [6, 6.07) is 19.5. The first-order valence-corrected chi connectivity index (χ1v) is 10.3. The Hall–Kier alpha value is -3.17. The van der Waals surface area contributed by atoms with Crippen LogP contribution >= 0.6 is 11.6 Å². The Bertz CT molecular complexity index is 1280. The maximum atomic E-state index is 13.5. The van der Waals surface area contributed by atoms with E-state index in [9.17, 15) is 4.79 Å². The number of hydrogen-bond acceptors (Lipinski definition) is 2. The lowest BCUT2D eigenvalue weighted by molar-refractivity contribution is 0.102. The van der Waals surface area contributed by atoms with Crippen LogP contribution in [-0.4, -0.2) is 10.9 Å². The topological polar surface area (TPSA) is 42.0 Å². The first-order chi connectivity index (χ1) is 14.3. The average molecular weight is 415 g/mol. The first kappa shape index (κ1) is 20.1. The second kappa shape index (κ2) is 7.92. The zero-order chi connectivity index (χ0) is 21.4. The van der Waals surface area contributed by atoms with Crippen molar-refractivity contribution in [3.63, 3.8) is 0 Å². The van der Waals surface area contributed by atoms with Gasteiger partial charge in [-0.3, -0.25) is 4.79 Å². The van der Waals surface area contributed by atoms with Crippen molar-refractivity contribution in [1.29, 1.82) is 0 Å². The highest BCUT2D eigenvalue weighted by atomic mass is 35.5. The van der Waals surface area contributed by atoms with Gasteiger partial charge in [0.2, 0.25) is 0 Å². The van der Waals surface area contributed by atoms with Crippen LogP contribution in [0.25, 0.3) is 22.2 Å². The Labute approximate surface area is 181 Å². The van der Waals surface area contributed by atoms with E-state index in [4.69, 9.17) is 16.6 Å². The number of rotatable bonds is 3. The highest BCUT2D eigenvalue weighted by Gasteiger charge is 2.20. The lowest BCUT2D eigenvalue weighted by Crippen LogP contribution is -2.16. The Morgan fingerprint density at radius 1 is 0.900 bits per heavy atom. The fourth-order valence-corrected chi connectivity index (χ4v) is 4.02. The van der Waals surface area contributed by atoms with Crippen LogP contribution in [0.5, 0.6) is 0 Å². The van der Waals surface area contributed by atoms with Crippen molar-refractivity contribution in [3.05, 3.63) is 93.5 Å². The van der Waals surface area contributed by atoms with E-state index in [0.29, 0.717) is 10.6 Å². The number of carbonyl (C=O) groups excluding carboxylic acids is 1. The van der Waals surface area contributed by atoms with Gasteiger partial charge in [0.25, 0.3) is 5.91 Å². The Kier molecular flexibility index (Phi) is 5.31. The number of hydrogen-bond donors (Lipinski definition) is 1. The quantitative estimate of drug-likeness (QED) is 0.390. The van der Waals surface area contributed by atoms with Crippen LogP contribution in [0.2, 0.25) is 5.02 Å². The van der Waals surface area contributed by atoms with Gasteiger partial charge in [0.05, 0.1) is 16.8 Å². The van der Waals surface area contributed by atoms with E-state index < -0.39 is 0 Å². The largest absolute Gasteiger partial charge is 0.322 e. The first-order valence-electron chi connectivity index (χ1n) is 9.89. The SMILES string of the molecule is Cc1cc(C)c2nc(-c3ccc(Cl)cc3)c(C)c(C(=O)Nc3ccccc3C)c2c1. The molecule has 0 saturated heterocycles. The fraction of sp³-hybridized carbons (Fsp3) is 0.154. The molecule has 1 heterocycles. The molecule has 0 spiro atoms. The fourth-order valence-electron chi connectivity index (χ4n) is 3.89. The highest BCUT2D eigenvalue weighted by Crippen LogP contribution is 2.33. The lowest BCUT2D eigenvalue weighted by atomic mass is 9.94. The zero-order valence-corrected chi connectivity index (χ0v) is 18.3. The van der Waals surface area contributed by atoms with E-state index in [0.717, 1.165) is 50.1 Å². The molecule has 1 amide bonds. The normalized spacial score (nSPS) is 11.0. The summed E-state index contributed by atoms with van der Waals surface area (Å²) < 4.78 is 0. The molecule has 0 radical (unpaired) electrons. The zero-order valence-electron chi connectivity index (χ0n) is 17.5. The molecular formula is C26H23ClN2O. The number of para-hydroxylation sites is 1. The van der Waals surface area contributed by atoms with Crippen molar-refractivity contribution < 1.29 is 4.79 Å². The number of pyridine rings is 1. The van der Waals surface area contributed by atoms with Crippen LogP contribution in [0.4, 0.5) is 5.69 Å². The van der Waals surface area contributed by atoms with Crippen LogP contribution < -0.4 is 5.32 Å². The molecule has 4 heteroatoms. The van der Waals surface area contributed by atoms with Crippen LogP contribution in [0.15, 0.2) is 60.7 Å². The van der Waals surface area contributed by atoms with E-state index in [2.05, 4.69) is 11.4 Å². The molecule has 3 nitrogen and oxygen atoms in total. The number of fused-ring (bicyclic) bond motifs is 1. The van der Waals surface area contributed by atoms with Crippen LogP contribution in [0.3, 0.4) is 0 Å². The van der Waals surface area contributed by atoms with Crippen molar-refractivity contribution >= 4 is 34.1 Å². The molecule has 30 heavy (non-hydrogen) atoms. The smallest absolute Gasteiger partial charge is 0.256 e. The second-order valence-corrected chi connectivity index (χ2v) is 8.15. The molecule has 0 aliphatic heterocycles. The van der Waals surface area contributed by atoms with Gasteiger partial charge in [0, 0.05) is 21.7 Å². The van der Waals surface area contributed by atoms with E-state index in [1.165, 1.54) is 0 Å². The van der Waals surface area contributed by atoms with Crippen molar-refractivity contribution in [2.75, 3.05) is 5.32 Å². The summed E-state index contributed by atoms with van der Waals surface area (Å²) in [5.41, 5.74) is 8.05. The molecule has 0 aliphatic carbocycles. The van der Waals surface area contributed by atoms with Gasteiger partial charge in [-0.2, -0.15) is 0 Å². The van der Waals surface area contributed by atoms with Crippen LogP contribution in [0, 0.1) is 27.7 Å². The minimum absolute atomic E-state index is 0.130. The van der Waals surface area contributed by atoms with E-state index in [1.54, 1.807) is 0 Å². The highest BCUT2D eigenvalue weighted by molar-refractivity contribution is 6.30. The van der Waals surface area contributed by atoms with Gasteiger partial charge in [0.1, 0.15) is 0 Å². The number of aryl methyl sites for hydroxylation is 3. The molecule has 0 aliphatic rings. The van der Waals surface area contributed by atoms with E-state index >= 15 is 0 Å². The number of amides is 1. The van der Waals surface area contributed by atoms with Crippen molar-refractivity contribution in [2.24, 2.45) is 0 Å². The van der Waals surface area contributed by atoms with Gasteiger partial charge in [0.15, 0.2) is 0 Å². The number of benzene rings is 3. The number of halogens is 1. The summed E-state index contributed by atoms with van der Waals surface area (Å²) in [5, 5.41) is 4.64. The van der Waals surface area contributed by atoms with Gasteiger partial charge in [-0.1, -0.05) is 53.6 Å². The molecule has 0 atom stereocenters. The van der Waals surface area contributed by atoms with Crippen LogP contribution in [0.1, 0.15) is 32.6 Å². The van der Waals surface area contributed by atoms with Crippen LogP contribution in [-0.2, 0) is 0 Å². The molecule has 0 saturated carbocycles. The number of nitrogens with zero attached hydrogens (tertiary/aromatic N) is 1. The van der Waals surface area contributed by atoms with Crippen molar-refractivity contribution in [3.8, 4) is 11.3 Å². The standard InChI is InChI=1S/C26H23ClN2O/c1-15-13-17(3)24-21(14-15)23(26(30)28-22-8-6-5-7-16(22)2)18(4)25(29-24)19-9-11-20(27)12-10-19/h5-14H,1-4H3,(H,28,30). The van der Waals surface area contributed by atoms with Gasteiger partial charge in [-0.25, -0.2) is 4.98 Å². The number of anilines is 1. The second-order valence-electron chi connectivity index (χ2n) is 7.71. The van der Waals surface area contributed by atoms with E-state index in [-0.39, 0.29) is 5.91 Å². The van der Waals surface area contributed by atoms with Gasteiger partial charge >= 0.3 is 0 Å². The summed E-state index contributed by atoms with van der Waals surface area (Å²) in [5.74, 6) is -0.130. The Balaban J connectivity index is 1.96. The molecule has 0 fully saturated rings. The van der Waals surface area contributed by atoms with Crippen molar-refractivity contribution in [1.82, 2.24) is 4.98 Å². The van der Waals surface area contributed by atoms with Gasteiger partial charge in [-0.05, 0) is 68.7 Å². The Morgan fingerprint density at radius 2 is 1.60 bits per heavy atom. The van der Waals surface area contributed by atoms with E-state index in [1.807, 2.05) is 82.3 Å². The molecule has 0 unspecified atom stereocenters. The minimum Gasteiger partial charge on any atom is -0.322 e. The number of aromatic nitrogens is 1. The third-order valence-electron chi connectivity index (χ3n) is 5.41. The minimum atomic E-state index is -0.130. The summed E-state index contributed by atoms with van der Waals surface area (Å²) in [6.07, 6.45) is 0. The predicted octanol–water partition coefficient (Wildman–Crippen LogP) is 7.04. The molecule has 1 aromatic heterocycles. The summed E-state index contributed by atoms with van der Waals surface area (Å²) >= 11 is 6.08. The Morgan fingerprint density at radius 3 is 2.30 bits per heavy atom. The molecule has 0 bridgehead atoms. The maximum Gasteiger partial charge on any atom is 0.256 e. The summed E-state index contributed by atoms with van der Waals surface area (Å²) in [6.45, 7) is 8.02. The third kappa shape index (κ3) is 3.69. The summed E-state index contributed by atoms with van der Waals surface area (Å²) in [7, 11) is 0. The number of carbonyl (C=O) groups is 1. The molecule has 150 valence electrons. The third-order valence-corrected chi connectivity index (χ3v) is 5.66. The molecule has 3 aromatic carbocycles.